The van der Waals surface area contributed by atoms with Crippen molar-refractivity contribution < 1.29 is 13.5 Å². The number of aromatic nitrogens is 1. The van der Waals surface area contributed by atoms with Gasteiger partial charge in [0, 0.05) is 25.6 Å². The number of rotatable bonds is 4. The molecular weight excluding hydrogens is 357 g/mol. The van der Waals surface area contributed by atoms with Crippen molar-refractivity contribution in [2.24, 2.45) is 5.92 Å². The molecule has 3 aromatic rings. The van der Waals surface area contributed by atoms with Gasteiger partial charge in [-0.25, -0.2) is 4.39 Å². The lowest BCUT2D eigenvalue weighted by molar-refractivity contribution is 0.0341. The van der Waals surface area contributed by atoms with Gasteiger partial charge in [-0.05, 0) is 29.8 Å². The van der Waals surface area contributed by atoms with Gasteiger partial charge < -0.3 is 19.8 Å². The number of benzene rings is 2. The topological polar surface area (TPSA) is 59.3 Å². The van der Waals surface area contributed by atoms with E-state index in [0.717, 1.165) is 29.8 Å². The second kappa shape index (κ2) is 7.61. The second-order valence-corrected chi connectivity index (χ2v) is 6.70. The molecule has 136 valence electrons. The number of fused-ring (bicyclic) bond motifs is 1. The van der Waals surface area contributed by atoms with Crippen LogP contribution in [0.2, 0.25) is 5.02 Å². The molecule has 2 aromatic carbocycles. The Hall–Kier alpha value is -2.15. The molecule has 1 aromatic heterocycles. The van der Waals surface area contributed by atoms with E-state index >= 15 is 0 Å². The highest BCUT2D eigenvalue weighted by atomic mass is 35.5. The van der Waals surface area contributed by atoms with E-state index in [-0.39, 0.29) is 17.0 Å². The molecule has 0 unspecified atom stereocenters. The van der Waals surface area contributed by atoms with Crippen molar-refractivity contribution in [3.05, 3.63) is 58.9 Å². The minimum absolute atomic E-state index is 0.0769. The molecule has 5 nitrogen and oxygen atoms in total. The van der Waals surface area contributed by atoms with Gasteiger partial charge in [0.05, 0.1) is 17.7 Å². The summed E-state index contributed by atoms with van der Waals surface area (Å²) >= 11 is 5.81. The molecule has 26 heavy (non-hydrogen) atoms. The molecule has 2 heterocycles. The van der Waals surface area contributed by atoms with Gasteiger partial charge in [0.2, 0.25) is 0 Å². The highest BCUT2D eigenvalue weighted by Crippen LogP contribution is 2.30. The maximum atomic E-state index is 13.9. The molecule has 0 amide bonds. The number of nitrogens with zero attached hydrogens (tertiary/aromatic N) is 1. The first-order valence-corrected chi connectivity index (χ1v) is 8.95. The number of hydrogen-bond acceptors (Lipinski definition) is 5. The SMILES string of the molecule is Fc1cc([C@@H]2OCCNC[C@H]2CNc2nc3ccccc3o2)ccc1Cl. The Labute approximate surface area is 155 Å². The van der Waals surface area contributed by atoms with E-state index in [1.165, 1.54) is 6.07 Å². The van der Waals surface area contributed by atoms with E-state index in [0.29, 0.717) is 19.2 Å². The summed E-state index contributed by atoms with van der Waals surface area (Å²) in [7, 11) is 0. The zero-order valence-electron chi connectivity index (χ0n) is 14.0. The predicted molar refractivity (Wildman–Crippen MR) is 99.0 cm³/mol. The standard InChI is InChI=1S/C19H19ClFN3O2/c20-14-6-5-12(9-15(14)21)18-13(10-22-7-8-25-18)11-23-19-24-16-3-1-2-4-17(16)26-19/h1-6,9,13,18,22H,7-8,10-11H2,(H,23,24)/t13-,18-/m0/s1. The Morgan fingerprint density at radius 2 is 2.15 bits per heavy atom. The van der Waals surface area contributed by atoms with Crippen LogP contribution >= 0.6 is 11.6 Å². The van der Waals surface area contributed by atoms with Gasteiger partial charge in [-0.2, -0.15) is 4.98 Å². The zero-order chi connectivity index (χ0) is 17.9. The molecule has 2 N–H and O–H groups in total. The van der Waals surface area contributed by atoms with Crippen molar-refractivity contribution in [2.45, 2.75) is 6.10 Å². The van der Waals surface area contributed by atoms with Crippen LogP contribution in [0.15, 0.2) is 46.9 Å². The van der Waals surface area contributed by atoms with Crippen LogP contribution in [0.3, 0.4) is 0 Å². The molecule has 1 fully saturated rings. The third-order valence-corrected chi connectivity index (χ3v) is 4.80. The average molecular weight is 376 g/mol. The highest BCUT2D eigenvalue weighted by molar-refractivity contribution is 6.30. The summed E-state index contributed by atoms with van der Waals surface area (Å²) in [6, 6.07) is 12.9. The van der Waals surface area contributed by atoms with Crippen molar-refractivity contribution in [1.29, 1.82) is 0 Å². The Morgan fingerprint density at radius 3 is 3.00 bits per heavy atom. The van der Waals surface area contributed by atoms with Gasteiger partial charge in [0.1, 0.15) is 11.3 Å². The number of oxazole rings is 1. The predicted octanol–water partition coefficient (Wildman–Crippen LogP) is 4.01. The quantitative estimate of drug-likeness (QED) is 0.721. The molecule has 1 aliphatic rings. The van der Waals surface area contributed by atoms with Crippen LogP contribution in [-0.2, 0) is 4.74 Å². The first-order valence-electron chi connectivity index (χ1n) is 8.57. The molecule has 1 saturated heterocycles. The van der Waals surface area contributed by atoms with Crippen LogP contribution in [0.25, 0.3) is 11.1 Å². The van der Waals surface area contributed by atoms with Crippen LogP contribution in [0.5, 0.6) is 0 Å². The number of nitrogens with one attached hydrogen (secondary N) is 2. The fourth-order valence-electron chi connectivity index (χ4n) is 3.19. The normalized spacial score (nSPS) is 20.8. The van der Waals surface area contributed by atoms with E-state index < -0.39 is 5.82 Å². The van der Waals surface area contributed by atoms with E-state index in [1.54, 1.807) is 6.07 Å². The van der Waals surface area contributed by atoms with Crippen LogP contribution in [-0.4, -0.2) is 31.2 Å². The summed E-state index contributed by atoms with van der Waals surface area (Å²) in [5.41, 5.74) is 2.32. The molecular formula is C19H19ClFN3O2. The summed E-state index contributed by atoms with van der Waals surface area (Å²) in [5.74, 6) is -0.358. The molecule has 0 saturated carbocycles. The molecule has 0 spiro atoms. The lowest BCUT2D eigenvalue weighted by atomic mass is 9.95. The Morgan fingerprint density at radius 1 is 1.27 bits per heavy atom. The average Bonchev–Trinajstić information content (AvgIpc) is 2.92. The van der Waals surface area contributed by atoms with Gasteiger partial charge in [-0.15, -0.1) is 0 Å². The number of ether oxygens (including phenoxy) is 1. The number of para-hydroxylation sites is 2. The lowest BCUT2D eigenvalue weighted by Crippen LogP contribution is -2.30. The fourth-order valence-corrected chi connectivity index (χ4v) is 3.31. The smallest absolute Gasteiger partial charge is 0.295 e. The third-order valence-electron chi connectivity index (χ3n) is 4.49. The molecule has 0 bridgehead atoms. The second-order valence-electron chi connectivity index (χ2n) is 6.30. The number of hydrogen-bond donors (Lipinski definition) is 2. The van der Waals surface area contributed by atoms with Crippen molar-refractivity contribution in [2.75, 3.05) is 31.6 Å². The number of anilines is 1. The van der Waals surface area contributed by atoms with Crippen molar-refractivity contribution in [3.63, 3.8) is 0 Å². The summed E-state index contributed by atoms with van der Waals surface area (Å²) in [6.07, 6.45) is -0.242. The monoisotopic (exact) mass is 375 g/mol. The lowest BCUT2D eigenvalue weighted by Gasteiger charge is -2.25. The molecule has 7 heteroatoms. The summed E-state index contributed by atoms with van der Waals surface area (Å²) < 4.78 is 25.6. The summed E-state index contributed by atoms with van der Waals surface area (Å²) in [5, 5.41) is 6.70. The fraction of sp³-hybridized carbons (Fsp3) is 0.316. The Balaban J connectivity index is 1.52. The van der Waals surface area contributed by atoms with Gasteiger partial charge in [0.25, 0.3) is 6.01 Å². The first kappa shape index (κ1) is 17.3. The van der Waals surface area contributed by atoms with E-state index in [1.807, 2.05) is 30.3 Å². The largest absolute Gasteiger partial charge is 0.424 e. The molecule has 2 atom stereocenters. The zero-order valence-corrected chi connectivity index (χ0v) is 14.8. The third kappa shape index (κ3) is 3.67. The van der Waals surface area contributed by atoms with Crippen LogP contribution in [0.4, 0.5) is 10.4 Å². The Kier molecular flexibility index (Phi) is 5.06. The first-order chi connectivity index (χ1) is 12.7. The van der Waals surface area contributed by atoms with Crippen LogP contribution in [0, 0.1) is 11.7 Å². The maximum absolute atomic E-state index is 13.9. The van der Waals surface area contributed by atoms with Gasteiger partial charge >= 0.3 is 0 Å². The van der Waals surface area contributed by atoms with Crippen molar-refractivity contribution in [1.82, 2.24) is 10.3 Å². The minimum atomic E-state index is -0.435. The van der Waals surface area contributed by atoms with Gasteiger partial charge in [0.15, 0.2) is 5.58 Å². The van der Waals surface area contributed by atoms with E-state index in [2.05, 4.69) is 15.6 Å². The number of halogens is 2. The van der Waals surface area contributed by atoms with Crippen molar-refractivity contribution in [3.8, 4) is 0 Å². The van der Waals surface area contributed by atoms with E-state index in [9.17, 15) is 4.39 Å². The van der Waals surface area contributed by atoms with Crippen molar-refractivity contribution >= 4 is 28.7 Å². The van der Waals surface area contributed by atoms with Crippen LogP contribution < -0.4 is 10.6 Å². The molecule has 0 aliphatic carbocycles. The summed E-state index contributed by atoms with van der Waals surface area (Å²) in [6.45, 7) is 2.64. The molecule has 1 aliphatic heterocycles. The molecule has 0 radical (unpaired) electrons. The van der Waals surface area contributed by atoms with E-state index in [4.69, 9.17) is 20.8 Å². The highest BCUT2D eigenvalue weighted by Gasteiger charge is 2.27. The van der Waals surface area contributed by atoms with Gasteiger partial charge in [-0.3, -0.25) is 0 Å². The van der Waals surface area contributed by atoms with Crippen LogP contribution in [0.1, 0.15) is 11.7 Å². The maximum Gasteiger partial charge on any atom is 0.295 e. The summed E-state index contributed by atoms with van der Waals surface area (Å²) in [4.78, 5) is 4.43. The Bertz CT molecular complexity index is 868. The molecule has 4 rings (SSSR count). The van der Waals surface area contributed by atoms with Gasteiger partial charge in [-0.1, -0.05) is 29.8 Å². The minimum Gasteiger partial charge on any atom is -0.424 e.